The highest BCUT2D eigenvalue weighted by Crippen LogP contribution is 2.24. The summed E-state index contributed by atoms with van der Waals surface area (Å²) in [5.41, 5.74) is 5.14. The van der Waals surface area contributed by atoms with Crippen LogP contribution in [0.15, 0.2) is 67.3 Å². The van der Waals surface area contributed by atoms with E-state index in [1.807, 2.05) is 43.3 Å². The molecule has 8 heteroatoms. The van der Waals surface area contributed by atoms with Crippen LogP contribution in [0.5, 0.6) is 5.75 Å². The Kier molecular flexibility index (Phi) is 8.53. The molecule has 1 aliphatic rings. The van der Waals surface area contributed by atoms with Crippen molar-refractivity contribution >= 4 is 22.7 Å². The van der Waals surface area contributed by atoms with E-state index in [0.29, 0.717) is 24.5 Å². The Bertz CT molecular complexity index is 1260. The molecule has 194 valence electrons. The lowest BCUT2D eigenvalue weighted by Gasteiger charge is -2.40. The number of ether oxygens (including phenoxy) is 1. The van der Waals surface area contributed by atoms with Crippen LogP contribution in [0.3, 0.4) is 0 Å². The maximum absolute atomic E-state index is 13.1. The number of amides is 2. The summed E-state index contributed by atoms with van der Waals surface area (Å²) in [4.78, 5) is 31.7. The van der Waals surface area contributed by atoms with Crippen LogP contribution >= 0.6 is 0 Å². The van der Waals surface area contributed by atoms with Crippen molar-refractivity contribution in [2.45, 2.75) is 45.4 Å². The van der Waals surface area contributed by atoms with E-state index in [1.165, 1.54) is 0 Å². The van der Waals surface area contributed by atoms with Gasteiger partial charge in [-0.05, 0) is 69.1 Å². The first-order valence-electron chi connectivity index (χ1n) is 12.6. The fraction of sp³-hybridized carbons (Fsp3) is 0.345. The average Bonchev–Trinajstić information content (AvgIpc) is 2.92. The summed E-state index contributed by atoms with van der Waals surface area (Å²) in [6.07, 6.45) is 2.74. The molecule has 0 spiro atoms. The van der Waals surface area contributed by atoms with Gasteiger partial charge in [0.2, 0.25) is 5.91 Å². The number of benzene rings is 2. The molecule has 3 N–H and O–H groups in total. The number of nitrogens with one attached hydrogen (secondary N) is 2. The second kappa shape index (κ2) is 12.0. The zero-order valence-corrected chi connectivity index (χ0v) is 21.3. The van der Waals surface area contributed by atoms with Gasteiger partial charge >= 0.3 is 0 Å². The summed E-state index contributed by atoms with van der Waals surface area (Å²) < 4.78 is 6.02. The second-order valence-corrected chi connectivity index (χ2v) is 9.59. The highest BCUT2D eigenvalue weighted by molar-refractivity contribution is 5.94. The van der Waals surface area contributed by atoms with Crippen molar-refractivity contribution in [1.29, 1.82) is 0 Å². The predicted octanol–water partition coefficient (Wildman–Crippen LogP) is 4.01. The molecule has 1 saturated heterocycles. The van der Waals surface area contributed by atoms with E-state index in [4.69, 9.17) is 9.94 Å². The molecule has 2 heterocycles. The first-order valence-corrected chi connectivity index (χ1v) is 12.6. The number of fused-ring (bicyclic) bond motifs is 1. The minimum absolute atomic E-state index is 0.0781. The van der Waals surface area contributed by atoms with Gasteiger partial charge in [0, 0.05) is 47.3 Å². The number of rotatable bonds is 9. The number of aryl methyl sites for hydroxylation is 1. The van der Waals surface area contributed by atoms with Gasteiger partial charge in [-0.25, -0.2) is 5.48 Å². The topological polar surface area (TPSA) is 104 Å². The van der Waals surface area contributed by atoms with Crippen LogP contribution in [0, 0.1) is 12.8 Å². The lowest BCUT2D eigenvalue weighted by atomic mass is 9.87. The van der Waals surface area contributed by atoms with E-state index >= 15 is 0 Å². The Balaban J connectivity index is 1.41. The van der Waals surface area contributed by atoms with E-state index in [-0.39, 0.29) is 30.3 Å². The smallest absolute Gasteiger partial charge is 0.251 e. The number of carbonyl (C=O) groups excluding carboxylic acids is 2. The highest BCUT2D eigenvalue weighted by Gasteiger charge is 2.33. The van der Waals surface area contributed by atoms with Crippen molar-refractivity contribution in [2.24, 2.45) is 5.92 Å². The minimum Gasteiger partial charge on any atom is -0.489 e. The number of para-hydroxylation sites is 1. The van der Waals surface area contributed by atoms with Crippen LogP contribution in [-0.4, -0.2) is 52.1 Å². The third-order valence-corrected chi connectivity index (χ3v) is 7.03. The van der Waals surface area contributed by atoms with Gasteiger partial charge < -0.3 is 10.1 Å². The third-order valence-electron chi connectivity index (χ3n) is 7.03. The van der Waals surface area contributed by atoms with E-state index in [2.05, 4.69) is 28.7 Å². The molecule has 8 nitrogen and oxygen atoms in total. The van der Waals surface area contributed by atoms with Gasteiger partial charge in [0.15, 0.2) is 0 Å². The van der Waals surface area contributed by atoms with Gasteiger partial charge in [-0.1, -0.05) is 24.3 Å². The molecule has 4 rings (SSSR count). The zero-order valence-electron chi connectivity index (χ0n) is 21.3. The first-order chi connectivity index (χ1) is 17.9. The molecular formula is C29H34N4O4. The molecule has 1 fully saturated rings. The number of hydrogen-bond acceptors (Lipinski definition) is 6. The van der Waals surface area contributed by atoms with Gasteiger partial charge in [-0.3, -0.25) is 24.7 Å². The minimum atomic E-state index is -0.451. The maximum Gasteiger partial charge on any atom is 0.251 e. The Hall–Kier alpha value is -3.75. The van der Waals surface area contributed by atoms with Crippen molar-refractivity contribution in [3.8, 4) is 5.75 Å². The number of likely N-dealkylation sites (tertiary alicyclic amines) is 1. The van der Waals surface area contributed by atoms with Crippen molar-refractivity contribution in [2.75, 3.05) is 13.1 Å². The molecule has 37 heavy (non-hydrogen) atoms. The maximum atomic E-state index is 13.1. The Morgan fingerprint density at radius 2 is 2.00 bits per heavy atom. The molecule has 0 radical (unpaired) electrons. The van der Waals surface area contributed by atoms with Crippen LogP contribution in [0.2, 0.25) is 0 Å². The Morgan fingerprint density at radius 1 is 1.24 bits per heavy atom. The number of aromatic nitrogens is 1. The Labute approximate surface area is 217 Å². The van der Waals surface area contributed by atoms with Gasteiger partial charge in [-0.15, -0.1) is 6.58 Å². The number of hydroxylamine groups is 1. The summed E-state index contributed by atoms with van der Waals surface area (Å²) in [5, 5.41) is 13.1. The molecule has 1 unspecified atom stereocenters. The van der Waals surface area contributed by atoms with Crippen LogP contribution < -0.4 is 15.5 Å². The van der Waals surface area contributed by atoms with Crippen LogP contribution in [-0.2, 0) is 11.4 Å². The van der Waals surface area contributed by atoms with Gasteiger partial charge in [0.1, 0.15) is 12.4 Å². The molecule has 3 atom stereocenters. The van der Waals surface area contributed by atoms with Gasteiger partial charge in [0.05, 0.1) is 5.52 Å². The quantitative estimate of drug-likeness (QED) is 0.232. The molecule has 2 aromatic carbocycles. The van der Waals surface area contributed by atoms with Crippen molar-refractivity contribution in [3.63, 3.8) is 0 Å². The molecule has 0 aliphatic carbocycles. The fourth-order valence-electron chi connectivity index (χ4n) is 4.87. The number of nitrogens with zero attached hydrogens (tertiary/aromatic N) is 2. The number of pyridine rings is 1. The third kappa shape index (κ3) is 6.53. The van der Waals surface area contributed by atoms with Gasteiger partial charge in [-0.2, -0.15) is 0 Å². The molecule has 2 amide bonds. The van der Waals surface area contributed by atoms with Crippen LogP contribution in [0.25, 0.3) is 10.9 Å². The zero-order chi connectivity index (χ0) is 26.4. The van der Waals surface area contributed by atoms with Crippen molar-refractivity contribution in [3.05, 3.63) is 84.1 Å². The largest absolute Gasteiger partial charge is 0.489 e. The molecule has 1 aliphatic heterocycles. The average molecular weight is 503 g/mol. The highest BCUT2D eigenvalue weighted by atomic mass is 16.5. The fourth-order valence-corrected chi connectivity index (χ4v) is 4.87. The summed E-state index contributed by atoms with van der Waals surface area (Å²) >= 11 is 0. The normalized spacial score (nSPS) is 18.7. The standard InChI is InChI=1S/C29H34N4O4/c1-4-20(3)33-14-13-22(16-28(34)32-36)27(17-33)31-29(35)21-9-11-24(12-10-21)37-18-23-15-19(2)30-26-8-6-5-7-25(23)26/h4-12,15,20,22,27,36H,1,13-14,16-18H2,2-3H3,(H,31,35)(H,32,34)/t20?,22-,27+/m0/s1. The van der Waals surface area contributed by atoms with Crippen LogP contribution in [0.1, 0.15) is 41.4 Å². The Morgan fingerprint density at radius 3 is 2.73 bits per heavy atom. The molecule has 3 aromatic rings. The van der Waals surface area contributed by atoms with E-state index in [1.54, 1.807) is 29.7 Å². The van der Waals surface area contributed by atoms with Crippen LogP contribution in [0.4, 0.5) is 0 Å². The number of hydrogen-bond donors (Lipinski definition) is 3. The first kappa shape index (κ1) is 26.3. The monoisotopic (exact) mass is 502 g/mol. The van der Waals surface area contributed by atoms with E-state index in [9.17, 15) is 9.59 Å². The summed E-state index contributed by atoms with van der Waals surface area (Å²) in [6, 6.07) is 17.0. The lowest BCUT2D eigenvalue weighted by Crippen LogP contribution is -2.55. The van der Waals surface area contributed by atoms with Gasteiger partial charge in [0.25, 0.3) is 5.91 Å². The van der Waals surface area contributed by atoms with E-state index < -0.39 is 5.91 Å². The predicted molar refractivity (Wildman–Crippen MR) is 142 cm³/mol. The lowest BCUT2D eigenvalue weighted by molar-refractivity contribution is -0.130. The van der Waals surface area contributed by atoms with Crippen molar-refractivity contribution in [1.82, 2.24) is 20.7 Å². The summed E-state index contributed by atoms with van der Waals surface area (Å²) in [5.74, 6) is -0.0789. The molecule has 1 aromatic heterocycles. The molecule has 0 bridgehead atoms. The number of carbonyl (C=O) groups is 2. The molecule has 0 saturated carbocycles. The number of piperidine rings is 1. The summed E-state index contributed by atoms with van der Waals surface area (Å²) in [7, 11) is 0. The van der Waals surface area contributed by atoms with E-state index in [0.717, 1.165) is 35.1 Å². The summed E-state index contributed by atoms with van der Waals surface area (Å²) in [6.45, 7) is 9.68. The van der Waals surface area contributed by atoms with Crippen molar-refractivity contribution < 1.29 is 19.5 Å². The SMILES string of the molecule is C=CC(C)N1CC[C@@H](CC(=O)NO)[C@H](NC(=O)c2ccc(OCc3cc(C)nc4ccccc34)cc2)C1. The second-order valence-electron chi connectivity index (χ2n) is 9.59. The molecular weight excluding hydrogens is 468 g/mol.